The van der Waals surface area contributed by atoms with Gasteiger partial charge in [-0.15, -0.1) is 0 Å². The van der Waals surface area contributed by atoms with Gasteiger partial charge in [-0.3, -0.25) is 14.0 Å². The van der Waals surface area contributed by atoms with Crippen molar-refractivity contribution in [3.05, 3.63) is 0 Å². The van der Waals surface area contributed by atoms with E-state index in [0.717, 1.165) is 0 Å². The summed E-state index contributed by atoms with van der Waals surface area (Å²) in [5.74, 6) is -2.58. The topological polar surface area (TPSA) is 94.8 Å². The Labute approximate surface area is 73.8 Å². The predicted molar refractivity (Wildman–Crippen MR) is 39.7 cm³/mol. The van der Waals surface area contributed by atoms with Crippen LogP contribution < -0.4 is 0 Å². The van der Waals surface area contributed by atoms with Crippen molar-refractivity contribution in [1.29, 1.82) is 0 Å². The maximum atomic E-state index is 11.6. The van der Waals surface area contributed by atoms with E-state index in [1.54, 1.807) is 0 Å². The first-order valence-electron chi connectivity index (χ1n) is 3.65. The highest BCUT2D eigenvalue weighted by Gasteiger charge is 2.27. The molecule has 0 unspecified atom stereocenters. The van der Waals surface area contributed by atoms with Gasteiger partial charge in [0.25, 0.3) is 0 Å². The van der Waals surface area contributed by atoms with Crippen molar-refractivity contribution < 1.29 is 29.3 Å². The first-order chi connectivity index (χ1) is 6.04. The summed E-state index contributed by atoms with van der Waals surface area (Å²) >= 11 is 0. The number of aliphatic hydroxyl groups is 3. The van der Waals surface area contributed by atoms with Gasteiger partial charge in [-0.2, -0.15) is 0 Å². The van der Waals surface area contributed by atoms with E-state index < -0.39 is 43.5 Å². The van der Waals surface area contributed by atoms with E-state index in [4.69, 9.17) is 15.3 Å². The van der Waals surface area contributed by atoms with Crippen LogP contribution in [-0.2, 0) is 9.59 Å². The smallest absolute Gasteiger partial charge is 0.231 e. The van der Waals surface area contributed by atoms with Gasteiger partial charge in [-0.1, -0.05) is 0 Å². The van der Waals surface area contributed by atoms with Crippen molar-refractivity contribution in [3.63, 3.8) is 0 Å². The average molecular weight is 194 g/mol. The molecule has 0 heterocycles. The third-order valence-electron chi connectivity index (χ3n) is 1.40. The second kappa shape index (κ2) is 5.74. The van der Waals surface area contributed by atoms with Crippen molar-refractivity contribution >= 4 is 11.6 Å². The average Bonchev–Trinajstić information content (AvgIpc) is 2.14. The third-order valence-corrected chi connectivity index (χ3v) is 1.40. The van der Waals surface area contributed by atoms with Gasteiger partial charge in [0, 0.05) is 6.42 Å². The van der Waals surface area contributed by atoms with Crippen molar-refractivity contribution in [2.75, 3.05) is 13.3 Å². The van der Waals surface area contributed by atoms with Gasteiger partial charge >= 0.3 is 0 Å². The molecule has 0 rings (SSSR count). The second-order valence-electron chi connectivity index (χ2n) is 2.42. The van der Waals surface area contributed by atoms with Crippen molar-refractivity contribution in [2.24, 2.45) is 0 Å². The predicted octanol–water partition coefficient (Wildman–Crippen LogP) is -1.80. The number of carbonyl (C=O) groups excluding carboxylic acids is 2. The summed E-state index contributed by atoms with van der Waals surface area (Å²) in [6.07, 6.45) is -4.05. The number of carbonyl (C=O) groups is 2. The minimum Gasteiger partial charge on any atom is -0.393 e. The quantitative estimate of drug-likeness (QED) is 0.433. The molecule has 0 aromatic carbocycles. The number of hydrogen-bond acceptors (Lipinski definition) is 5. The largest absolute Gasteiger partial charge is 0.393 e. The Kier molecular flexibility index (Phi) is 5.36. The number of Topliss-reactive ketones (excluding diaryl/α,β-unsaturated/α-hetero) is 2. The Morgan fingerprint density at radius 1 is 1.15 bits per heavy atom. The number of aliphatic hydroxyl groups excluding tert-OH is 3. The molecule has 0 aliphatic carbocycles. The number of rotatable bonds is 6. The molecule has 0 spiro atoms. The summed E-state index contributed by atoms with van der Waals surface area (Å²) in [6.45, 7) is -1.83. The number of alkyl halides is 1. The number of halogens is 1. The Hall–Kier alpha value is -0.850. The van der Waals surface area contributed by atoms with Gasteiger partial charge in [-0.25, -0.2) is 0 Å². The van der Waals surface area contributed by atoms with E-state index in [-0.39, 0.29) is 0 Å². The van der Waals surface area contributed by atoms with Crippen LogP contribution in [0.25, 0.3) is 0 Å². The molecule has 0 saturated carbocycles. The van der Waals surface area contributed by atoms with Gasteiger partial charge in [-0.05, 0) is 0 Å². The normalized spacial score (nSPS) is 15.1. The molecule has 0 fully saturated rings. The molecule has 0 saturated heterocycles. The van der Waals surface area contributed by atoms with E-state index in [0.29, 0.717) is 0 Å². The molecule has 0 radical (unpaired) electrons. The molecular weight excluding hydrogens is 183 g/mol. The lowest BCUT2D eigenvalue weighted by atomic mass is 10.1. The molecule has 5 nitrogen and oxygen atoms in total. The fourth-order valence-corrected chi connectivity index (χ4v) is 0.646. The van der Waals surface area contributed by atoms with Gasteiger partial charge in [0.1, 0.15) is 12.2 Å². The first-order valence-corrected chi connectivity index (χ1v) is 3.65. The van der Waals surface area contributed by atoms with Crippen LogP contribution in [0.15, 0.2) is 0 Å². The second-order valence-corrected chi connectivity index (χ2v) is 2.42. The zero-order valence-corrected chi connectivity index (χ0v) is 6.81. The molecule has 0 aliphatic rings. The lowest BCUT2D eigenvalue weighted by Gasteiger charge is -2.08. The standard InChI is InChI=1S/C7H11FO5/c8-2-1-4(10)6(12)7(13)5(11)3-9/h4-5,9-11H,1-3H2/t4-,5+/m1/s1. The summed E-state index contributed by atoms with van der Waals surface area (Å²) < 4.78 is 11.6. The van der Waals surface area contributed by atoms with E-state index in [1.807, 2.05) is 0 Å². The van der Waals surface area contributed by atoms with Crippen molar-refractivity contribution in [3.8, 4) is 0 Å². The van der Waals surface area contributed by atoms with Crippen molar-refractivity contribution in [1.82, 2.24) is 0 Å². The highest BCUT2D eigenvalue weighted by atomic mass is 19.1. The van der Waals surface area contributed by atoms with E-state index in [9.17, 15) is 14.0 Å². The van der Waals surface area contributed by atoms with Crippen LogP contribution in [0.5, 0.6) is 0 Å². The number of ketones is 2. The van der Waals surface area contributed by atoms with Crippen LogP contribution in [0.1, 0.15) is 6.42 Å². The summed E-state index contributed by atoms with van der Waals surface area (Å²) in [5.41, 5.74) is 0. The minimum atomic E-state index is -1.83. The maximum Gasteiger partial charge on any atom is 0.231 e. The van der Waals surface area contributed by atoms with Gasteiger partial charge in [0.05, 0.1) is 13.3 Å². The summed E-state index contributed by atoms with van der Waals surface area (Å²) in [7, 11) is 0. The monoisotopic (exact) mass is 194 g/mol. The summed E-state index contributed by atoms with van der Waals surface area (Å²) in [6, 6.07) is 0. The third kappa shape index (κ3) is 3.58. The number of hydrogen-bond donors (Lipinski definition) is 3. The van der Waals surface area contributed by atoms with Crippen LogP contribution in [-0.4, -0.2) is 52.4 Å². The molecule has 0 amide bonds. The van der Waals surface area contributed by atoms with E-state index >= 15 is 0 Å². The molecule has 0 bridgehead atoms. The van der Waals surface area contributed by atoms with E-state index in [1.165, 1.54) is 0 Å². The first kappa shape index (κ1) is 12.2. The highest BCUT2D eigenvalue weighted by molar-refractivity contribution is 6.40. The summed E-state index contributed by atoms with van der Waals surface area (Å²) in [5, 5.41) is 25.8. The molecule has 13 heavy (non-hydrogen) atoms. The molecule has 0 aromatic heterocycles. The Balaban J connectivity index is 4.17. The molecule has 76 valence electrons. The fourth-order valence-electron chi connectivity index (χ4n) is 0.646. The fraction of sp³-hybridized carbons (Fsp3) is 0.714. The zero-order valence-electron chi connectivity index (χ0n) is 6.81. The van der Waals surface area contributed by atoms with Crippen LogP contribution in [0.4, 0.5) is 4.39 Å². The lowest BCUT2D eigenvalue weighted by molar-refractivity contribution is -0.147. The molecule has 0 aliphatic heterocycles. The molecule has 3 N–H and O–H groups in total. The molecule has 0 aromatic rings. The molecule has 2 atom stereocenters. The minimum absolute atomic E-state index is 0.483. The Bertz CT molecular complexity index is 193. The Morgan fingerprint density at radius 2 is 1.62 bits per heavy atom. The van der Waals surface area contributed by atoms with Crippen LogP contribution in [0.3, 0.4) is 0 Å². The zero-order chi connectivity index (χ0) is 10.4. The van der Waals surface area contributed by atoms with Gasteiger partial charge in [0.15, 0.2) is 0 Å². The van der Waals surface area contributed by atoms with Crippen LogP contribution in [0, 0.1) is 0 Å². The lowest BCUT2D eigenvalue weighted by Crippen LogP contribution is -2.38. The van der Waals surface area contributed by atoms with Crippen molar-refractivity contribution in [2.45, 2.75) is 18.6 Å². The maximum absolute atomic E-state index is 11.6. The van der Waals surface area contributed by atoms with Gasteiger partial charge < -0.3 is 15.3 Å². The SMILES string of the molecule is O=C(C(=O)[C@@H](O)CO)[C@H](O)CCF. The Morgan fingerprint density at radius 3 is 2.00 bits per heavy atom. The van der Waals surface area contributed by atoms with Crippen LogP contribution in [0.2, 0.25) is 0 Å². The molecular formula is C7H11FO5. The summed E-state index contributed by atoms with van der Waals surface area (Å²) in [4.78, 5) is 21.5. The van der Waals surface area contributed by atoms with Crippen LogP contribution >= 0.6 is 0 Å². The highest BCUT2D eigenvalue weighted by Crippen LogP contribution is 1.98. The molecule has 6 heteroatoms. The van der Waals surface area contributed by atoms with E-state index in [2.05, 4.69) is 0 Å². The van der Waals surface area contributed by atoms with Gasteiger partial charge in [0.2, 0.25) is 11.6 Å².